The molecule has 1 saturated heterocycles. The smallest absolute Gasteiger partial charge is 0.410 e. The quantitative estimate of drug-likeness (QED) is 0.442. The Hall–Kier alpha value is -4.12. The highest BCUT2D eigenvalue weighted by atomic mass is 16.6. The lowest BCUT2D eigenvalue weighted by molar-refractivity contribution is 0.00528. The first-order valence-corrected chi connectivity index (χ1v) is 14.8. The van der Waals surface area contributed by atoms with Crippen molar-refractivity contribution in [2.45, 2.75) is 65.3 Å². The number of ether oxygens (including phenoxy) is 3. The fourth-order valence-corrected chi connectivity index (χ4v) is 5.65. The van der Waals surface area contributed by atoms with E-state index in [1.165, 1.54) is 6.07 Å². The average Bonchev–Trinajstić information content (AvgIpc) is 2.98. The molecule has 0 unspecified atom stereocenters. The van der Waals surface area contributed by atoms with E-state index in [0.717, 1.165) is 42.4 Å². The second-order valence-electron chi connectivity index (χ2n) is 12.1. The fourth-order valence-electron chi connectivity index (χ4n) is 5.65. The molecular weight excluding hydrogens is 550 g/mol. The highest BCUT2D eigenvalue weighted by molar-refractivity contribution is 6.06. The van der Waals surface area contributed by atoms with Gasteiger partial charge in [-0.25, -0.2) is 4.79 Å². The van der Waals surface area contributed by atoms with Crippen molar-refractivity contribution in [2.24, 2.45) is 0 Å². The zero-order valence-corrected chi connectivity index (χ0v) is 25.6. The van der Waals surface area contributed by atoms with Gasteiger partial charge in [0.15, 0.2) is 11.5 Å². The van der Waals surface area contributed by atoms with Crippen LogP contribution >= 0.6 is 0 Å². The largest absolute Gasteiger partial charge is 0.486 e. The van der Waals surface area contributed by atoms with E-state index in [1.807, 2.05) is 52.0 Å². The van der Waals surface area contributed by atoms with E-state index in [9.17, 15) is 14.4 Å². The summed E-state index contributed by atoms with van der Waals surface area (Å²) in [5, 5.41) is 3.39. The lowest BCUT2D eigenvalue weighted by atomic mass is 10.0. The Balaban J connectivity index is 1.28. The van der Waals surface area contributed by atoms with E-state index in [1.54, 1.807) is 22.7 Å². The topological polar surface area (TPSA) is 115 Å². The van der Waals surface area contributed by atoms with Gasteiger partial charge in [-0.2, -0.15) is 0 Å². The van der Waals surface area contributed by atoms with Crippen molar-refractivity contribution in [1.29, 1.82) is 0 Å². The van der Waals surface area contributed by atoms with Gasteiger partial charge < -0.3 is 29.0 Å². The highest BCUT2D eigenvalue weighted by Crippen LogP contribution is 2.31. The number of likely N-dealkylation sites (tertiary alicyclic amines) is 1. The number of nitrogens with zero attached hydrogens (tertiary/aromatic N) is 4. The molecule has 0 aliphatic carbocycles. The first-order valence-electron chi connectivity index (χ1n) is 14.8. The second kappa shape index (κ2) is 12.6. The SMILES string of the molecule is CNC(=O)c1cc(=O)n(CCN2CCC(N(Cc3cc4c(cn3)OCCO4)C(=O)OC(C)(C)C)CC2)c2cc(C)ccc12. The highest BCUT2D eigenvalue weighted by Gasteiger charge is 2.32. The van der Waals surface area contributed by atoms with Crippen molar-refractivity contribution in [3.63, 3.8) is 0 Å². The molecule has 1 N–H and O–H groups in total. The Morgan fingerprint density at radius 3 is 2.49 bits per heavy atom. The van der Waals surface area contributed by atoms with Crippen LogP contribution in [0, 0.1) is 6.92 Å². The lowest BCUT2D eigenvalue weighted by Gasteiger charge is -2.39. The predicted molar refractivity (Wildman–Crippen MR) is 163 cm³/mol. The average molecular weight is 592 g/mol. The van der Waals surface area contributed by atoms with Crippen LogP contribution in [0.5, 0.6) is 11.5 Å². The molecule has 0 radical (unpaired) electrons. The van der Waals surface area contributed by atoms with Crippen LogP contribution in [0.4, 0.5) is 4.79 Å². The number of benzene rings is 1. The molecule has 1 aromatic carbocycles. The van der Waals surface area contributed by atoms with Gasteiger partial charge in [-0.05, 0) is 52.2 Å². The number of rotatable bonds is 7. The Morgan fingerprint density at radius 1 is 1.07 bits per heavy atom. The standard InChI is InChI=1S/C32H41N5O6/c1-21-6-7-24-25(30(39)33-5)18-29(38)36(26(24)16-21)13-12-35-10-8-23(9-11-35)37(31(40)43-32(2,3)4)20-22-17-27-28(19-34-22)42-15-14-41-27/h6-7,16-19,23H,8-15,20H2,1-5H3,(H,33,39). The summed E-state index contributed by atoms with van der Waals surface area (Å²) >= 11 is 0. The molecule has 11 heteroatoms. The number of piperidine rings is 1. The number of amides is 2. The van der Waals surface area contributed by atoms with Crippen LogP contribution in [-0.4, -0.2) is 82.9 Å². The fraction of sp³-hybridized carbons (Fsp3) is 0.500. The van der Waals surface area contributed by atoms with Crippen molar-refractivity contribution >= 4 is 22.9 Å². The molecular formula is C32H41N5O6. The zero-order valence-electron chi connectivity index (χ0n) is 25.6. The molecule has 2 aliphatic rings. The molecule has 2 aliphatic heterocycles. The van der Waals surface area contributed by atoms with E-state index in [2.05, 4.69) is 15.2 Å². The van der Waals surface area contributed by atoms with Gasteiger partial charge in [0.1, 0.15) is 18.8 Å². The summed E-state index contributed by atoms with van der Waals surface area (Å²) in [6, 6.07) is 9.04. The normalized spacial score (nSPS) is 15.7. The van der Waals surface area contributed by atoms with Gasteiger partial charge in [-0.1, -0.05) is 12.1 Å². The van der Waals surface area contributed by atoms with Crippen LogP contribution in [0.15, 0.2) is 41.3 Å². The van der Waals surface area contributed by atoms with Crippen LogP contribution in [0.2, 0.25) is 0 Å². The van der Waals surface area contributed by atoms with E-state index >= 15 is 0 Å². The second-order valence-corrected chi connectivity index (χ2v) is 12.1. The van der Waals surface area contributed by atoms with Crippen molar-refractivity contribution < 1.29 is 23.8 Å². The molecule has 0 bridgehead atoms. The number of hydrogen-bond acceptors (Lipinski definition) is 8. The molecule has 2 amide bonds. The summed E-state index contributed by atoms with van der Waals surface area (Å²) in [5.74, 6) is 0.968. The number of hydrogen-bond donors (Lipinski definition) is 1. The number of fused-ring (bicyclic) bond motifs is 2. The molecule has 5 rings (SSSR count). The molecule has 3 aromatic rings. The number of carbonyl (C=O) groups is 2. The Kier molecular flexibility index (Phi) is 8.91. The van der Waals surface area contributed by atoms with Crippen molar-refractivity contribution in [1.82, 2.24) is 24.7 Å². The third kappa shape index (κ3) is 7.10. The van der Waals surface area contributed by atoms with Crippen molar-refractivity contribution in [3.05, 3.63) is 63.7 Å². The summed E-state index contributed by atoms with van der Waals surface area (Å²) in [7, 11) is 1.56. The van der Waals surface area contributed by atoms with Gasteiger partial charge >= 0.3 is 6.09 Å². The minimum Gasteiger partial charge on any atom is -0.486 e. The molecule has 0 saturated carbocycles. The molecule has 43 heavy (non-hydrogen) atoms. The molecule has 0 atom stereocenters. The number of aromatic nitrogens is 2. The first-order chi connectivity index (χ1) is 20.5. The monoisotopic (exact) mass is 591 g/mol. The predicted octanol–water partition coefficient (Wildman–Crippen LogP) is 3.74. The lowest BCUT2D eigenvalue weighted by Crippen LogP contribution is -2.49. The first kappa shape index (κ1) is 30.3. The van der Waals surface area contributed by atoms with Gasteiger partial charge in [0.05, 0.1) is 29.5 Å². The van der Waals surface area contributed by atoms with Gasteiger partial charge in [-0.15, -0.1) is 0 Å². The van der Waals surface area contributed by atoms with Gasteiger partial charge in [0, 0.05) is 56.8 Å². The maximum atomic E-state index is 13.4. The zero-order chi connectivity index (χ0) is 30.7. The molecule has 1 fully saturated rings. The van der Waals surface area contributed by atoms with Crippen molar-refractivity contribution in [2.75, 3.05) is 39.9 Å². The minimum absolute atomic E-state index is 0.0286. The number of pyridine rings is 2. The van der Waals surface area contributed by atoms with Crippen LogP contribution in [-0.2, 0) is 17.8 Å². The molecule has 4 heterocycles. The summed E-state index contributed by atoms with van der Waals surface area (Å²) in [5.41, 5.74) is 2.04. The van der Waals surface area contributed by atoms with Gasteiger partial charge in [0.2, 0.25) is 0 Å². The van der Waals surface area contributed by atoms with E-state index < -0.39 is 5.60 Å². The third-order valence-corrected chi connectivity index (χ3v) is 7.82. The van der Waals surface area contributed by atoms with Gasteiger partial charge in [0.25, 0.3) is 11.5 Å². The third-order valence-electron chi connectivity index (χ3n) is 7.82. The summed E-state index contributed by atoms with van der Waals surface area (Å²) < 4.78 is 18.9. The summed E-state index contributed by atoms with van der Waals surface area (Å²) in [4.78, 5) is 47.6. The maximum Gasteiger partial charge on any atom is 0.410 e. The molecule has 0 spiro atoms. The van der Waals surface area contributed by atoms with Crippen LogP contribution in [0.1, 0.15) is 55.2 Å². The summed E-state index contributed by atoms with van der Waals surface area (Å²) in [6.45, 7) is 11.5. The maximum absolute atomic E-state index is 13.4. The van der Waals surface area contributed by atoms with Crippen LogP contribution < -0.4 is 20.3 Å². The number of aryl methyl sites for hydroxylation is 1. The van der Waals surface area contributed by atoms with E-state index in [-0.39, 0.29) is 23.6 Å². The Bertz CT molecular complexity index is 1550. The van der Waals surface area contributed by atoms with E-state index in [4.69, 9.17) is 14.2 Å². The number of nitrogens with one attached hydrogen (secondary N) is 1. The molecule has 2 aromatic heterocycles. The number of carbonyl (C=O) groups excluding carboxylic acids is 2. The van der Waals surface area contributed by atoms with E-state index in [0.29, 0.717) is 55.6 Å². The van der Waals surface area contributed by atoms with Crippen LogP contribution in [0.3, 0.4) is 0 Å². The van der Waals surface area contributed by atoms with Crippen LogP contribution in [0.25, 0.3) is 10.9 Å². The minimum atomic E-state index is -0.627. The molecule has 11 nitrogen and oxygen atoms in total. The van der Waals surface area contributed by atoms with Gasteiger partial charge in [-0.3, -0.25) is 19.5 Å². The Labute approximate surface area is 251 Å². The Morgan fingerprint density at radius 2 is 1.79 bits per heavy atom. The molecule has 230 valence electrons. The summed E-state index contributed by atoms with van der Waals surface area (Å²) in [6.07, 6.45) is 2.79. The van der Waals surface area contributed by atoms with Crippen molar-refractivity contribution in [3.8, 4) is 11.5 Å².